The Morgan fingerprint density at radius 1 is 0.283 bits per heavy atom. The molecule has 60 heavy (non-hydrogen) atoms. The van der Waals surface area contributed by atoms with E-state index in [2.05, 4.69) is 176 Å². The third-order valence-corrected chi connectivity index (χ3v) is 12.7. The minimum absolute atomic E-state index is 0.0931. The second kappa shape index (κ2) is 15.2. The highest BCUT2D eigenvalue weighted by Crippen LogP contribution is 2.58. The highest BCUT2D eigenvalue weighted by Gasteiger charge is 2.45. The van der Waals surface area contributed by atoms with Crippen LogP contribution in [0.3, 0.4) is 0 Å². The SMILES string of the molecule is c1ccc(-c2ccc(-c3nc(-c4ccccc4)nc(-c4cccc(-c5cccc(-c6cccc(-c7cccc8c7C7(CCCCC7)c7ccccc7-8)c6)c5)c4)n3)cc2)cc1. The van der Waals surface area contributed by atoms with Crippen molar-refractivity contribution in [3.8, 4) is 89.8 Å². The van der Waals surface area contributed by atoms with Gasteiger partial charge in [0.05, 0.1) is 0 Å². The first-order valence-corrected chi connectivity index (χ1v) is 21.2. The summed E-state index contributed by atoms with van der Waals surface area (Å²) in [7, 11) is 0. The molecule has 0 N–H and O–H groups in total. The standard InChI is InChI=1S/C57H43N3/c1-4-16-39(17-5-1)40-30-32-42(33-31-40)55-58-54(41-18-6-2-7-19-41)59-56(60-55)48-25-14-23-46(38-48)44-21-12-20-43(36-44)45-22-13-24-47(37-45)49-27-15-28-51-50-26-8-9-29-52(50)57(53(49)51)34-10-3-11-35-57/h1-2,4-9,12-33,36-38H,3,10-11,34-35H2. The Morgan fingerprint density at radius 2 is 0.683 bits per heavy atom. The first-order valence-electron chi connectivity index (χ1n) is 21.2. The number of rotatable bonds is 7. The molecule has 3 heteroatoms. The molecular weight excluding hydrogens is 727 g/mol. The molecule has 1 heterocycles. The van der Waals surface area contributed by atoms with Crippen molar-refractivity contribution in [2.24, 2.45) is 0 Å². The Hall–Kier alpha value is -7.23. The number of nitrogens with zero attached hydrogens (tertiary/aromatic N) is 3. The van der Waals surface area contributed by atoms with Crippen molar-refractivity contribution in [3.63, 3.8) is 0 Å². The smallest absolute Gasteiger partial charge is 0.164 e. The summed E-state index contributed by atoms with van der Waals surface area (Å²) in [6.45, 7) is 0. The van der Waals surface area contributed by atoms with Gasteiger partial charge < -0.3 is 0 Å². The van der Waals surface area contributed by atoms with Crippen LogP contribution in [0.4, 0.5) is 0 Å². The van der Waals surface area contributed by atoms with Gasteiger partial charge in [-0.1, -0.05) is 201 Å². The van der Waals surface area contributed by atoms with E-state index in [1.807, 2.05) is 24.3 Å². The van der Waals surface area contributed by atoms with E-state index in [4.69, 9.17) is 15.0 Å². The van der Waals surface area contributed by atoms with E-state index in [1.54, 1.807) is 0 Å². The van der Waals surface area contributed by atoms with Crippen LogP contribution in [0.25, 0.3) is 89.8 Å². The maximum Gasteiger partial charge on any atom is 0.164 e. The van der Waals surface area contributed by atoms with Crippen molar-refractivity contribution >= 4 is 0 Å². The van der Waals surface area contributed by atoms with Gasteiger partial charge in [-0.3, -0.25) is 0 Å². The Labute approximate surface area is 352 Å². The number of aromatic nitrogens is 3. The molecule has 0 aliphatic heterocycles. The Balaban J connectivity index is 0.946. The lowest BCUT2D eigenvalue weighted by molar-refractivity contribution is 0.353. The molecule has 8 aromatic carbocycles. The lowest BCUT2D eigenvalue weighted by atomic mass is 9.66. The zero-order valence-corrected chi connectivity index (χ0v) is 33.4. The van der Waals surface area contributed by atoms with Gasteiger partial charge >= 0.3 is 0 Å². The summed E-state index contributed by atoms with van der Waals surface area (Å²) in [6, 6.07) is 71.9. The van der Waals surface area contributed by atoms with E-state index < -0.39 is 0 Å². The van der Waals surface area contributed by atoms with Crippen LogP contribution >= 0.6 is 0 Å². The molecule has 0 bridgehead atoms. The molecule has 11 rings (SSSR count). The predicted molar refractivity (Wildman–Crippen MR) is 247 cm³/mol. The molecule has 0 atom stereocenters. The first-order chi connectivity index (χ1) is 29.7. The van der Waals surface area contributed by atoms with E-state index in [9.17, 15) is 0 Å². The molecule has 2 aliphatic rings. The second-order valence-corrected chi connectivity index (χ2v) is 16.3. The van der Waals surface area contributed by atoms with Crippen molar-refractivity contribution in [2.45, 2.75) is 37.5 Å². The van der Waals surface area contributed by atoms with Crippen LogP contribution in [-0.2, 0) is 5.41 Å². The number of fused-ring (bicyclic) bond motifs is 5. The number of benzene rings is 8. The fourth-order valence-corrected chi connectivity index (χ4v) is 9.85. The van der Waals surface area contributed by atoms with Crippen molar-refractivity contribution in [1.29, 1.82) is 0 Å². The molecule has 1 fully saturated rings. The fraction of sp³-hybridized carbons (Fsp3) is 0.105. The molecule has 0 radical (unpaired) electrons. The summed E-state index contributed by atoms with van der Waals surface area (Å²) in [4.78, 5) is 15.1. The maximum absolute atomic E-state index is 5.09. The first kappa shape index (κ1) is 35.9. The lowest BCUT2D eigenvalue weighted by Gasteiger charge is -2.37. The molecule has 0 saturated heterocycles. The highest BCUT2D eigenvalue weighted by molar-refractivity contribution is 5.90. The van der Waals surface area contributed by atoms with Gasteiger partial charge in [-0.05, 0) is 97.8 Å². The van der Waals surface area contributed by atoms with Crippen LogP contribution in [0.5, 0.6) is 0 Å². The summed E-state index contributed by atoms with van der Waals surface area (Å²) in [5.41, 5.74) is 18.5. The topological polar surface area (TPSA) is 38.7 Å². The zero-order chi connectivity index (χ0) is 39.9. The van der Waals surface area contributed by atoms with E-state index >= 15 is 0 Å². The van der Waals surface area contributed by atoms with Gasteiger partial charge in [-0.15, -0.1) is 0 Å². The van der Waals surface area contributed by atoms with E-state index in [0.717, 1.165) is 33.4 Å². The van der Waals surface area contributed by atoms with Crippen LogP contribution in [0, 0.1) is 0 Å². The maximum atomic E-state index is 5.09. The second-order valence-electron chi connectivity index (χ2n) is 16.3. The monoisotopic (exact) mass is 769 g/mol. The predicted octanol–water partition coefficient (Wildman–Crippen LogP) is 14.8. The van der Waals surface area contributed by atoms with Gasteiger partial charge in [-0.2, -0.15) is 0 Å². The average molecular weight is 770 g/mol. The molecule has 9 aromatic rings. The summed E-state index contributed by atoms with van der Waals surface area (Å²) in [5.74, 6) is 1.94. The third-order valence-electron chi connectivity index (χ3n) is 12.7. The molecular formula is C57H43N3. The van der Waals surface area contributed by atoms with Gasteiger partial charge in [0, 0.05) is 22.1 Å². The van der Waals surface area contributed by atoms with E-state index in [0.29, 0.717) is 17.5 Å². The largest absolute Gasteiger partial charge is 0.208 e. The van der Waals surface area contributed by atoms with Crippen molar-refractivity contribution in [1.82, 2.24) is 15.0 Å². The normalized spacial score (nSPS) is 13.8. The lowest BCUT2D eigenvalue weighted by Crippen LogP contribution is -2.28. The molecule has 1 aromatic heterocycles. The molecule has 1 saturated carbocycles. The molecule has 0 amide bonds. The van der Waals surface area contributed by atoms with Gasteiger partial charge in [0.15, 0.2) is 17.5 Å². The van der Waals surface area contributed by atoms with Crippen LogP contribution < -0.4 is 0 Å². The average Bonchev–Trinajstić information content (AvgIpc) is 3.60. The summed E-state index contributed by atoms with van der Waals surface area (Å²) in [5, 5.41) is 0. The zero-order valence-electron chi connectivity index (χ0n) is 33.4. The fourth-order valence-electron chi connectivity index (χ4n) is 9.85. The van der Waals surface area contributed by atoms with Crippen LogP contribution in [0.1, 0.15) is 43.2 Å². The third kappa shape index (κ3) is 6.44. The van der Waals surface area contributed by atoms with Crippen molar-refractivity contribution in [3.05, 3.63) is 211 Å². The van der Waals surface area contributed by atoms with Gasteiger partial charge in [0.1, 0.15) is 0 Å². The summed E-state index contributed by atoms with van der Waals surface area (Å²) < 4.78 is 0. The quantitative estimate of drug-likeness (QED) is 0.162. The molecule has 0 unspecified atom stereocenters. The van der Waals surface area contributed by atoms with Gasteiger partial charge in [0.25, 0.3) is 0 Å². The van der Waals surface area contributed by atoms with Gasteiger partial charge in [-0.25, -0.2) is 15.0 Å². The molecule has 286 valence electrons. The van der Waals surface area contributed by atoms with Crippen molar-refractivity contribution in [2.75, 3.05) is 0 Å². The van der Waals surface area contributed by atoms with Crippen molar-refractivity contribution < 1.29 is 0 Å². The van der Waals surface area contributed by atoms with E-state index in [1.165, 1.54) is 82.2 Å². The minimum atomic E-state index is 0.0931. The Morgan fingerprint density at radius 3 is 1.33 bits per heavy atom. The minimum Gasteiger partial charge on any atom is -0.208 e. The Bertz CT molecular complexity index is 3000. The molecule has 1 spiro atoms. The highest BCUT2D eigenvalue weighted by atomic mass is 15.0. The van der Waals surface area contributed by atoms with Crippen LogP contribution in [0.2, 0.25) is 0 Å². The molecule has 3 nitrogen and oxygen atoms in total. The summed E-state index contributed by atoms with van der Waals surface area (Å²) in [6.07, 6.45) is 6.32. The van der Waals surface area contributed by atoms with Gasteiger partial charge in [0.2, 0.25) is 0 Å². The summed E-state index contributed by atoms with van der Waals surface area (Å²) >= 11 is 0. The number of hydrogen-bond acceptors (Lipinski definition) is 3. The number of hydrogen-bond donors (Lipinski definition) is 0. The van der Waals surface area contributed by atoms with Crippen LogP contribution in [-0.4, -0.2) is 15.0 Å². The van der Waals surface area contributed by atoms with Crippen LogP contribution in [0.15, 0.2) is 200 Å². The van der Waals surface area contributed by atoms with E-state index in [-0.39, 0.29) is 5.41 Å². The Kier molecular flexibility index (Phi) is 9.08. The molecule has 2 aliphatic carbocycles.